The van der Waals surface area contributed by atoms with E-state index in [1.54, 1.807) is 0 Å². The molecule has 1 fully saturated rings. The van der Waals surface area contributed by atoms with Crippen molar-refractivity contribution in [2.45, 2.75) is 52.5 Å². The minimum Gasteiger partial charge on any atom is -0.481 e. The number of benzene rings is 1. The highest BCUT2D eigenvalue weighted by molar-refractivity contribution is 5.93. The van der Waals surface area contributed by atoms with Gasteiger partial charge in [0.05, 0.1) is 6.42 Å². The van der Waals surface area contributed by atoms with Gasteiger partial charge in [-0.05, 0) is 70.3 Å². The van der Waals surface area contributed by atoms with Crippen molar-refractivity contribution < 1.29 is 14.7 Å². The summed E-state index contributed by atoms with van der Waals surface area (Å²) in [7, 11) is 4.08. The fraction of sp³-hybridized carbons (Fsp3) is 0.565. The van der Waals surface area contributed by atoms with Crippen molar-refractivity contribution in [3.63, 3.8) is 0 Å². The van der Waals surface area contributed by atoms with Crippen LogP contribution in [0.15, 0.2) is 12.1 Å². The van der Waals surface area contributed by atoms with Crippen LogP contribution in [0.25, 0.3) is 10.9 Å². The minimum absolute atomic E-state index is 0.132. The van der Waals surface area contributed by atoms with Crippen LogP contribution in [0.3, 0.4) is 0 Å². The van der Waals surface area contributed by atoms with Crippen molar-refractivity contribution in [2.24, 2.45) is 5.92 Å². The van der Waals surface area contributed by atoms with E-state index in [1.165, 1.54) is 16.5 Å². The van der Waals surface area contributed by atoms with Gasteiger partial charge in [-0.25, -0.2) is 0 Å². The van der Waals surface area contributed by atoms with Crippen molar-refractivity contribution in [1.82, 2.24) is 14.8 Å². The Morgan fingerprint density at radius 1 is 1.21 bits per heavy atom. The summed E-state index contributed by atoms with van der Waals surface area (Å²) in [6.45, 7) is 7.57. The average molecular weight is 400 g/mol. The molecule has 1 aliphatic heterocycles. The van der Waals surface area contributed by atoms with E-state index in [1.807, 2.05) is 25.9 Å². The van der Waals surface area contributed by atoms with Crippen molar-refractivity contribution in [1.29, 1.82) is 0 Å². The summed E-state index contributed by atoms with van der Waals surface area (Å²) in [6.07, 6.45) is 2.02. The van der Waals surface area contributed by atoms with Gasteiger partial charge < -0.3 is 19.9 Å². The molecule has 0 saturated carbocycles. The molecule has 1 aromatic carbocycles. The lowest BCUT2D eigenvalue weighted by Gasteiger charge is -2.41. The number of aromatic amines is 1. The number of fused-ring (bicyclic) bond motifs is 1. The fourth-order valence-corrected chi connectivity index (χ4v) is 4.81. The van der Waals surface area contributed by atoms with E-state index in [0.29, 0.717) is 25.4 Å². The maximum atomic E-state index is 13.2. The minimum atomic E-state index is -0.772. The van der Waals surface area contributed by atoms with Crippen LogP contribution in [-0.4, -0.2) is 65.0 Å². The lowest BCUT2D eigenvalue weighted by atomic mass is 9.87. The molecule has 158 valence electrons. The van der Waals surface area contributed by atoms with Crippen LogP contribution < -0.4 is 0 Å². The molecule has 2 N–H and O–H groups in total. The summed E-state index contributed by atoms with van der Waals surface area (Å²) in [4.78, 5) is 31.8. The van der Waals surface area contributed by atoms with Gasteiger partial charge in [-0.3, -0.25) is 9.59 Å². The van der Waals surface area contributed by atoms with Crippen LogP contribution in [0.1, 0.15) is 41.6 Å². The van der Waals surface area contributed by atoms with Gasteiger partial charge in [0.15, 0.2) is 0 Å². The quantitative estimate of drug-likeness (QED) is 0.782. The zero-order chi connectivity index (χ0) is 21.3. The number of carbonyl (C=O) groups is 2. The molecular formula is C23H33N3O3. The average Bonchev–Trinajstić information content (AvgIpc) is 3.00. The van der Waals surface area contributed by atoms with E-state index in [0.717, 1.165) is 29.7 Å². The fourth-order valence-electron chi connectivity index (χ4n) is 4.81. The molecule has 2 aromatic rings. The maximum Gasteiger partial charge on any atom is 0.303 e. The number of hydrogen-bond donors (Lipinski definition) is 2. The number of carboxylic acids is 1. The Labute approximate surface area is 172 Å². The molecular weight excluding hydrogens is 366 g/mol. The van der Waals surface area contributed by atoms with Gasteiger partial charge in [-0.2, -0.15) is 0 Å². The molecule has 1 aromatic heterocycles. The number of H-pyrrole nitrogens is 1. The smallest absolute Gasteiger partial charge is 0.303 e. The van der Waals surface area contributed by atoms with Crippen LogP contribution in [-0.2, 0) is 16.0 Å². The van der Waals surface area contributed by atoms with Crippen molar-refractivity contribution in [2.75, 3.05) is 27.2 Å². The maximum absolute atomic E-state index is 13.2. The molecule has 0 unspecified atom stereocenters. The zero-order valence-electron chi connectivity index (χ0n) is 18.2. The standard InChI is InChI=1S/C23H33N3O3/c1-14-6-7-15(2)23-22(14)18(16(3)24-23)12-20(27)26-11-10-19(25(4)5)17(13-26)8-9-21(28)29/h6-7,17,19,24H,8-13H2,1-5H3,(H,28,29)/t17-,19+/m1/s1. The lowest BCUT2D eigenvalue weighted by molar-refractivity contribution is -0.137. The summed E-state index contributed by atoms with van der Waals surface area (Å²) >= 11 is 0. The summed E-state index contributed by atoms with van der Waals surface area (Å²) in [5, 5.41) is 10.3. The monoisotopic (exact) mass is 399 g/mol. The number of carboxylic acid groups (broad SMARTS) is 1. The number of carbonyl (C=O) groups excluding carboxylic acids is 1. The number of nitrogens with zero attached hydrogens (tertiary/aromatic N) is 2. The molecule has 2 heterocycles. The van der Waals surface area contributed by atoms with Gasteiger partial charge in [0.1, 0.15) is 0 Å². The number of rotatable bonds is 6. The first kappa shape index (κ1) is 21.4. The van der Waals surface area contributed by atoms with E-state index in [9.17, 15) is 9.59 Å². The molecule has 1 amide bonds. The molecule has 3 rings (SSSR count). The second-order valence-electron chi connectivity index (χ2n) is 8.71. The normalized spacial score (nSPS) is 19.9. The lowest BCUT2D eigenvalue weighted by Crippen LogP contribution is -2.51. The van der Waals surface area contributed by atoms with E-state index in [2.05, 4.69) is 35.9 Å². The van der Waals surface area contributed by atoms with E-state index < -0.39 is 5.97 Å². The van der Waals surface area contributed by atoms with E-state index >= 15 is 0 Å². The Morgan fingerprint density at radius 3 is 2.55 bits per heavy atom. The molecule has 1 aliphatic rings. The van der Waals surface area contributed by atoms with Crippen LogP contribution in [0, 0.1) is 26.7 Å². The topological polar surface area (TPSA) is 76.6 Å². The molecule has 0 bridgehead atoms. The highest BCUT2D eigenvalue weighted by Crippen LogP contribution is 2.30. The Hall–Kier alpha value is -2.34. The van der Waals surface area contributed by atoms with Crippen LogP contribution >= 0.6 is 0 Å². The van der Waals surface area contributed by atoms with E-state index in [4.69, 9.17) is 5.11 Å². The number of piperidine rings is 1. The van der Waals surface area contributed by atoms with Crippen molar-refractivity contribution in [3.05, 3.63) is 34.5 Å². The van der Waals surface area contributed by atoms with Gasteiger partial charge >= 0.3 is 5.97 Å². The number of nitrogens with one attached hydrogen (secondary N) is 1. The Bertz CT molecular complexity index is 916. The predicted octanol–water partition coefficient (Wildman–Crippen LogP) is 3.28. The predicted molar refractivity (Wildman–Crippen MR) is 115 cm³/mol. The molecule has 6 nitrogen and oxygen atoms in total. The Kier molecular flexibility index (Phi) is 6.32. The van der Waals surface area contributed by atoms with Crippen molar-refractivity contribution in [3.8, 4) is 0 Å². The van der Waals surface area contributed by atoms with E-state index in [-0.39, 0.29) is 18.2 Å². The van der Waals surface area contributed by atoms with Gasteiger partial charge in [-0.1, -0.05) is 12.1 Å². The summed E-state index contributed by atoms with van der Waals surface area (Å²) in [6, 6.07) is 4.54. The molecule has 6 heteroatoms. The zero-order valence-corrected chi connectivity index (χ0v) is 18.2. The number of hydrogen-bond acceptors (Lipinski definition) is 3. The number of aromatic nitrogens is 1. The third-order valence-electron chi connectivity index (χ3n) is 6.46. The molecule has 29 heavy (non-hydrogen) atoms. The number of amides is 1. The number of likely N-dealkylation sites (tertiary alicyclic amines) is 1. The van der Waals surface area contributed by atoms with Gasteiger partial charge in [0.2, 0.25) is 5.91 Å². The second kappa shape index (κ2) is 8.57. The third kappa shape index (κ3) is 4.47. The molecule has 0 aliphatic carbocycles. The molecule has 0 radical (unpaired) electrons. The summed E-state index contributed by atoms with van der Waals surface area (Å²) < 4.78 is 0. The highest BCUT2D eigenvalue weighted by Gasteiger charge is 2.33. The Morgan fingerprint density at radius 2 is 1.90 bits per heavy atom. The molecule has 0 spiro atoms. The van der Waals surface area contributed by atoms with Gasteiger partial charge in [0, 0.05) is 42.1 Å². The van der Waals surface area contributed by atoms with Gasteiger partial charge in [0.25, 0.3) is 0 Å². The van der Waals surface area contributed by atoms with Crippen molar-refractivity contribution >= 4 is 22.8 Å². The molecule has 1 saturated heterocycles. The van der Waals surface area contributed by atoms with Crippen LogP contribution in [0.2, 0.25) is 0 Å². The van der Waals surface area contributed by atoms with Crippen LogP contribution in [0.4, 0.5) is 0 Å². The largest absolute Gasteiger partial charge is 0.481 e. The molecule has 2 atom stereocenters. The van der Waals surface area contributed by atoms with Gasteiger partial charge in [-0.15, -0.1) is 0 Å². The van der Waals surface area contributed by atoms with Crippen LogP contribution in [0.5, 0.6) is 0 Å². The highest BCUT2D eigenvalue weighted by atomic mass is 16.4. The Balaban J connectivity index is 1.79. The summed E-state index contributed by atoms with van der Waals surface area (Å²) in [5.74, 6) is -0.453. The second-order valence-corrected chi connectivity index (χ2v) is 8.71. The SMILES string of the molecule is Cc1[nH]c2c(C)ccc(C)c2c1CC(=O)N1CC[C@H](N(C)C)[C@H](CCC(=O)O)C1. The number of aryl methyl sites for hydroxylation is 3. The third-order valence-corrected chi connectivity index (χ3v) is 6.46. The first-order valence-corrected chi connectivity index (χ1v) is 10.4. The summed E-state index contributed by atoms with van der Waals surface area (Å²) in [5.41, 5.74) is 5.63. The first-order chi connectivity index (χ1) is 13.7. The first-order valence-electron chi connectivity index (χ1n) is 10.4. The number of aliphatic carboxylic acids is 1.